The van der Waals surface area contributed by atoms with Crippen molar-refractivity contribution in [2.75, 3.05) is 12.9 Å². The van der Waals surface area contributed by atoms with Crippen LogP contribution in [0.2, 0.25) is 0 Å². The summed E-state index contributed by atoms with van der Waals surface area (Å²) in [5.74, 6) is -1.36. The first kappa shape index (κ1) is 27.0. The molecule has 1 fully saturated rings. The van der Waals surface area contributed by atoms with Gasteiger partial charge in [0.15, 0.2) is 0 Å². The average Bonchev–Trinajstić information content (AvgIpc) is 2.98. The van der Waals surface area contributed by atoms with Gasteiger partial charge in [0.25, 0.3) is 11.8 Å². The Morgan fingerprint density at radius 1 is 0.833 bits per heavy atom. The Bertz CT molecular complexity index is 619. The Morgan fingerprint density at radius 2 is 1.23 bits per heavy atom. The molecule has 0 aromatic rings. The zero-order chi connectivity index (χ0) is 22.2. The van der Waals surface area contributed by atoms with Crippen LogP contribution in [0.5, 0.6) is 0 Å². The average molecular weight is 464 g/mol. The third-order valence-electron chi connectivity index (χ3n) is 5.02. The molecule has 1 aliphatic heterocycles. The van der Waals surface area contributed by atoms with Gasteiger partial charge in [0, 0.05) is 36.7 Å². The Morgan fingerprint density at radius 3 is 1.67 bits per heavy atom. The number of hydroxylamine groups is 2. The lowest BCUT2D eigenvalue weighted by Crippen LogP contribution is -2.31. The maximum Gasteiger partial charge on any atom is 0.333 e. The predicted octanol–water partition coefficient (Wildman–Crippen LogP) is 4.36. The molecule has 0 bridgehead atoms. The molecule has 1 unspecified atom stereocenters. The molecule has 0 saturated carbocycles. The first-order valence-corrected chi connectivity index (χ1v) is 14.0. The van der Waals surface area contributed by atoms with Crippen molar-refractivity contribution in [1.29, 1.82) is 0 Å². The molecule has 1 saturated heterocycles. The Hall–Kier alpha value is -1.06. The maximum atomic E-state index is 11.7. The highest BCUT2D eigenvalue weighted by atomic mass is 32.8. The smallest absolute Gasteiger partial charge is 0.330 e. The normalized spacial score (nSPS) is 16.1. The Balaban J connectivity index is 1.80. The van der Waals surface area contributed by atoms with Crippen LogP contribution in [-0.4, -0.2) is 39.9 Å². The van der Waals surface area contributed by atoms with Gasteiger partial charge >= 0.3 is 5.97 Å². The number of unbranched alkanes of at least 4 members (excludes halogenated alkanes) is 12. The molecule has 174 valence electrons. The Kier molecular flexibility index (Phi) is 14.1. The zero-order valence-electron chi connectivity index (χ0n) is 18.2. The lowest BCUT2D eigenvalue weighted by molar-refractivity contribution is -0.197. The van der Waals surface area contributed by atoms with Crippen LogP contribution < -0.4 is 0 Å². The summed E-state index contributed by atoms with van der Waals surface area (Å²) in [6.45, 7) is 0.498. The molecule has 9 heteroatoms. The molecular formula is C21H37NO6S2. The second-order valence-corrected chi connectivity index (χ2v) is 11.4. The van der Waals surface area contributed by atoms with E-state index >= 15 is 0 Å². The molecule has 0 N–H and O–H groups in total. The number of rotatable bonds is 18. The summed E-state index contributed by atoms with van der Waals surface area (Å²) in [7, 11) is -2.47. The molecule has 0 radical (unpaired) electrons. The van der Waals surface area contributed by atoms with Gasteiger partial charge in [0.05, 0.1) is 6.61 Å². The van der Waals surface area contributed by atoms with Crippen molar-refractivity contribution >= 4 is 37.7 Å². The molecule has 0 aliphatic carbocycles. The molecule has 1 aliphatic rings. The van der Waals surface area contributed by atoms with Crippen molar-refractivity contribution in [3.63, 3.8) is 0 Å². The van der Waals surface area contributed by atoms with E-state index in [0.717, 1.165) is 32.1 Å². The minimum absolute atomic E-state index is 0.126. The van der Waals surface area contributed by atoms with Gasteiger partial charge < -0.3 is 4.84 Å². The number of amides is 2. The Labute approximate surface area is 186 Å². The second kappa shape index (κ2) is 15.7. The summed E-state index contributed by atoms with van der Waals surface area (Å²) in [6.07, 6.45) is 16.6. The van der Waals surface area contributed by atoms with E-state index in [1.165, 1.54) is 57.6 Å². The molecule has 1 heterocycles. The number of nitrogens with zero attached hydrogens (tertiary/aromatic N) is 1. The fourth-order valence-corrected chi connectivity index (χ4v) is 3.96. The van der Waals surface area contributed by atoms with E-state index in [1.54, 1.807) is 0 Å². The molecule has 2 amide bonds. The topological polar surface area (TPSA) is 90.0 Å². The van der Waals surface area contributed by atoms with Crippen LogP contribution in [0.3, 0.4) is 0 Å². The van der Waals surface area contributed by atoms with Crippen molar-refractivity contribution in [1.82, 2.24) is 5.06 Å². The van der Waals surface area contributed by atoms with Crippen LogP contribution in [0.4, 0.5) is 0 Å². The highest BCUT2D eigenvalue weighted by Crippen LogP contribution is 2.15. The van der Waals surface area contributed by atoms with Crippen LogP contribution in [0.15, 0.2) is 0 Å². The van der Waals surface area contributed by atoms with Crippen LogP contribution in [0.1, 0.15) is 103 Å². The summed E-state index contributed by atoms with van der Waals surface area (Å²) >= 11 is 4.69. The molecule has 1 atom stereocenters. The molecular weight excluding hydrogens is 426 g/mol. The highest BCUT2D eigenvalue weighted by Gasteiger charge is 2.32. The van der Waals surface area contributed by atoms with Gasteiger partial charge in [0.2, 0.25) is 0 Å². The third-order valence-corrected chi connectivity index (χ3v) is 5.91. The minimum atomic E-state index is -2.47. The largest absolute Gasteiger partial charge is 0.333 e. The number of carbonyl (C=O) groups excluding carboxylic acids is 3. The van der Waals surface area contributed by atoms with Crippen LogP contribution in [0, 0.1) is 0 Å². The van der Waals surface area contributed by atoms with E-state index in [2.05, 4.69) is 0 Å². The fraction of sp³-hybridized carbons (Fsp3) is 0.857. The van der Waals surface area contributed by atoms with Gasteiger partial charge in [-0.3, -0.25) is 13.8 Å². The summed E-state index contributed by atoms with van der Waals surface area (Å²) in [6, 6.07) is 0. The molecule has 0 aromatic heterocycles. The second-order valence-electron chi connectivity index (χ2n) is 7.92. The van der Waals surface area contributed by atoms with E-state index in [-0.39, 0.29) is 19.3 Å². The predicted molar refractivity (Wildman–Crippen MR) is 119 cm³/mol. The van der Waals surface area contributed by atoms with Crippen molar-refractivity contribution < 1.29 is 27.6 Å². The molecule has 0 aromatic carbocycles. The lowest BCUT2D eigenvalue weighted by Gasteiger charge is -2.12. The number of hydrogen-bond donors (Lipinski definition) is 0. The molecule has 30 heavy (non-hydrogen) atoms. The van der Waals surface area contributed by atoms with Gasteiger partial charge in [-0.05, 0) is 12.8 Å². The van der Waals surface area contributed by atoms with Crippen molar-refractivity contribution in [3.8, 4) is 0 Å². The van der Waals surface area contributed by atoms with Crippen LogP contribution in [0.25, 0.3) is 0 Å². The minimum Gasteiger partial charge on any atom is -0.330 e. The number of hydrogen-bond acceptors (Lipinski definition) is 7. The van der Waals surface area contributed by atoms with Crippen molar-refractivity contribution in [2.45, 2.75) is 103 Å². The van der Waals surface area contributed by atoms with Crippen molar-refractivity contribution in [2.24, 2.45) is 0 Å². The van der Waals surface area contributed by atoms with Gasteiger partial charge in [-0.15, -0.1) is 5.06 Å². The number of imide groups is 1. The van der Waals surface area contributed by atoms with Crippen LogP contribution >= 0.6 is 0 Å². The highest BCUT2D eigenvalue weighted by molar-refractivity contribution is 8.29. The van der Waals surface area contributed by atoms with E-state index < -0.39 is 26.6 Å². The summed E-state index contributed by atoms with van der Waals surface area (Å²) in [5, 5.41) is 0.615. The van der Waals surface area contributed by atoms with Crippen LogP contribution in [-0.2, 0) is 43.4 Å². The van der Waals surface area contributed by atoms with Gasteiger partial charge in [0.1, 0.15) is 8.77 Å². The maximum absolute atomic E-state index is 11.7. The first-order valence-electron chi connectivity index (χ1n) is 11.2. The lowest BCUT2D eigenvalue weighted by atomic mass is 10.0. The SMILES string of the molecule is CS(=O)(=S)OCCCCCCCCCCCCCCCC(=O)ON1C(=O)CCC1=O. The van der Waals surface area contributed by atoms with E-state index in [0.29, 0.717) is 11.7 Å². The van der Waals surface area contributed by atoms with Gasteiger partial charge in [-0.1, -0.05) is 70.6 Å². The molecule has 7 nitrogen and oxygen atoms in total. The van der Waals surface area contributed by atoms with Gasteiger partial charge in [-0.25, -0.2) is 9.00 Å². The summed E-state index contributed by atoms with van der Waals surface area (Å²) < 4.78 is 16.3. The molecule has 1 rings (SSSR count). The summed E-state index contributed by atoms with van der Waals surface area (Å²) in [4.78, 5) is 39.3. The fourth-order valence-electron chi connectivity index (χ4n) is 3.33. The summed E-state index contributed by atoms with van der Waals surface area (Å²) in [5.41, 5.74) is 0. The standard InChI is InChI=1S/C21H37NO6S2/c1-30(26,29)27-18-14-12-10-8-6-4-2-3-5-7-9-11-13-15-21(25)28-22-19(23)16-17-20(22)24/h2-18H2,1H3. The quantitative estimate of drug-likeness (QED) is 0.220. The van der Waals surface area contributed by atoms with Crippen molar-refractivity contribution in [3.05, 3.63) is 0 Å². The monoisotopic (exact) mass is 463 g/mol. The van der Waals surface area contributed by atoms with E-state index in [1.807, 2.05) is 0 Å². The molecule has 0 spiro atoms. The van der Waals surface area contributed by atoms with Gasteiger partial charge in [-0.2, -0.15) is 0 Å². The zero-order valence-corrected chi connectivity index (χ0v) is 19.9. The third kappa shape index (κ3) is 14.0. The van der Waals surface area contributed by atoms with E-state index in [4.69, 9.17) is 20.2 Å². The van der Waals surface area contributed by atoms with E-state index in [9.17, 15) is 18.6 Å². The first-order chi connectivity index (χ1) is 14.3. The number of carbonyl (C=O) groups is 3.